The van der Waals surface area contributed by atoms with Crippen molar-refractivity contribution in [3.8, 4) is 0 Å². The molecular weight excluding hydrogens is 514 g/mol. The van der Waals surface area contributed by atoms with E-state index in [4.69, 9.17) is 0 Å². The Hall–Kier alpha value is -1.29. The molecule has 1 N–H and O–H groups in total. The third kappa shape index (κ3) is 9.05. The minimum absolute atomic E-state index is 0. The first-order chi connectivity index (χ1) is 15.5. The van der Waals surface area contributed by atoms with Crippen molar-refractivity contribution in [2.75, 3.05) is 28.2 Å². The second kappa shape index (κ2) is 15.0. The van der Waals surface area contributed by atoms with Crippen LogP contribution in [-0.2, 0) is 21.1 Å². The summed E-state index contributed by atoms with van der Waals surface area (Å²) in [7, 11) is 4.59. The summed E-state index contributed by atoms with van der Waals surface area (Å²) in [4.78, 5) is 4.16. The smallest absolute Gasteiger partial charge is 0.668 e. The van der Waals surface area contributed by atoms with Crippen molar-refractivity contribution in [2.45, 2.75) is 53.5 Å². The van der Waals surface area contributed by atoms with Crippen molar-refractivity contribution in [2.24, 2.45) is 5.41 Å². The topological polar surface area (TPSA) is 40.2 Å². The molecule has 0 saturated carbocycles. The molecule has 3 nitrogen and oxygen atoms in total. The second-order valence-electron chi connectivity index (χ2n) is 10.4. The Balaban J connectivity index is 0.00000141. The second-order valence-corrected chi connectivity index (χ2v) is 13.8. The van der Waals surface area contributed by atoms with E-state index in [2.05, 4.69) is 130 Å². The quantitative estimate of drug-likeness (QED) is 0.362. The zero-order valence-corrected chi connectivity index (χ0v) is 25.9. The predicted octanol–water partition coefficient (Wildman–Crippen LogP) is 6.02. The van der Waals surface area contributed by atoms with Crippen LogP contribution in [0.4, 0.5) is 0 Å². The van der Waals surface area contributed by atoms with Crippen molar-refractivity contribution in [3.63, 3.8) is 0 Å². The minimum Gasteiger partial charge on any atom is -0.668 e. The van der Waals surface area contributed by atoms with Gasteiger partial charge in [-0.15, -0.1) is 6.42 Å². The summed E-state index contributed by atoms with van der Waals surface area (Å²) in [5, 5.41) is 11.3. The van der Waals surface area contributed by atoms with E-state index < -0.39 is 8.24 Å². The van der Waals surface area contributed by atoms with E-state index in [0.29, 0.717) is 0 Å². The molecule has 0 saturated heterocycles. The fourth-order valence-corrected chi connectivity index (χ4v) is 9.23. The van der Waals surface area contributed by atoms with E-state index in [0.717, 1.165) is 6.42 Å². The molecule has 0 fully saturated rings. The van der Waals surface area contributed by atoms with Crippen molar-refractivity contribution in [3.05, 3.63) is 94.2 Å². The first-order valence-electron chi connectivity index (χ1n) is 11.7. The molecule has 185 valence electrons. The van der Waals surface area contributed by atoms with Gasteiger partial charge in [-0.25, -0.2) is 5.57 Å². The standard InChI is InChI=1S/C25H32NSi.2C2H6N.Mo/c1-24(2,3)22-18-13-19-23(22)27(26-25(4,5)6,20-14-9-7-10-15-20)21-16-11-8-12-17-21;2*1-3-2;/h7-12,14-17,19,26H,13H2,1-6H3;2*1-2H3;/q3*-1;+3. The fourth-order valence-electron chi connectivity index (χ4n) is 4.09. The molecule has 3 rings (SSSR count). The molecule has 1 aliphatic rings. The molecule has 0 aliphatic heterocycles. The van der Waals surface area contributed by atoms with Gasteiger partial charge in [-0.1, -0.05) is 91.8 Å². The number of benzene rings is 2. The maximum absolute atomic E-state index is 4.16. The summed E-state index contributed by atoms with van der Waals surface area (Å²) in [5.74, 6) is 0. The van der Waals surface area contributed by atoms with E-state index in [-0.39, 0.29) is 32.0 Å². The van der Waals surface area contributed by atoms with Crippen LogP contribution < -0.4 is 15.4 Å². The van der Waals surface area contributed by atoms with Gasteiger partial charge in [0.2, 0.25) is 0 Å². The van der Waals surface area contributed by atoms with Gasteiger partial charge in [0, 0.05) is 5.54 Å². The average Bonchev–Trinajstić information content (AvgIpc) is 3.25. The molecule has 2 aromatic carbocycles. The minimum atomic E-state index is -2.41. The van der Waals surface area contributed by atoms with Gasteiger partial charge in [0.25, 0.3) is 0 Å². The Morgan fingerprint density at radius 3 is 1.44 bits per heavy atom. The molecule has 2 aromatic rings. The molecule has 1 radical (unpaired) electrons. The van der Waals surface area contributed by atoms with Crippen LogP contribution in [0.2, 0.25) is 0 Å². The largest absolute Gasteiger partial charge is 3.00 e. The Morgan fingerprint density at radius 1 is 0.735 bits per heavy atom. The molecule has 0 atom stereocenters. The van der Waals surface area contributed by atoms with Crippen LogP contribution in [0.5, 0.6) is 0 Å². The molecule has 1 aliphatic carbocycles. The Bertz CT molecular complexity index is 838. The van der Waals surface area contributed by atoms with E-state index in [1.54, 1.807) is 28.2 Å². The van der Waals surface area contributed by atoms with E-state index in [1.807, 2.05) is 0 Å². The Labute approximate surface area is 225 Å². The molecule has 0 aromatic heterocycles. The first-order valence-corrected chi connectivity index (χ1v) is 13.7. The average molecular weight is 559 g/mol. The molecule has 5 heteroatoms. The number of nitrogens with one attached hydrogen (secondary N) is 1. The van der Waals surface area contributed by atoms with Crippen molar-refractivity contribution in [1.29, 1.82) is 0 Å². The van der Waals surface area contributed by atoms with Gasteiger partial charge in [-0.05, 0) is 26.2 Å². The van der Waals surface area contributed by atoms with Gasteiger partial charge in [-0.2, -0.15) is 39.5 Å². The van der Waals surface area contributed by atoms with Gasteiger partial charge in [-0.3, -0.25) is 6.08 Å². The van der Waals surface area contributed by atoms with Crippen LogP contribution in [0.25, 0.3) is 10.6 Å². The molecular formula is C29H44MoN3Si. The fraction of sp³-hybridized carbons (Fsp3) is 0.448. The van der Waals surface area contributed by atoms with Gasteiger partial charge < -0.3 is 15.6 Å². The van der Waals surface area contributed by atoms with E-state index in [1.165, 1.54) is 21.1 Å². The van der Waals surface area contributed by atoms with Crippen LogP contribution in [-0.4, -0.2) is 42.0 Å². The zero-order chi connectivity index (χ0) is 25.1. The maximum atomic E-state index is 4.16. The molecule has 0 unspecified atom stereocenters. The predicted molar refractivity (Wildman–Crippen MR) is 150 cm³/mol. The van der Waals surface area contributed by atoms with Gasteiger partial charge >= 0.3 is 21.1 Å². The van der Waals surface area contributed by atoms with Crippen LogP contribution in [0.3, 0.4) is 0 Å². The van der Waals surface area contributed by atoms with Crippen LogP contribution in [0.1, 0.15) is 48.0 Å². The number of hydrogen-bond acceptors (Lipinski definition) is 1. The van der Waals surface area contributed by atoms with Crippen molar-refractivity contribution >= 4 is 18.6 Å². The summed E-state index contributed by atoms with van der Waals surface area (Å²) in [5.41, 5.74) is 1.44. The zero-order valence-electron chi connectivity index (χ0n) is 22.9. The van der Waals surface area contributed by atoms with Crippen LogP contribution in [0, 0.1) is 11.5 Å². The van der Waals surface area contributed by atoms with Gasteiger partial charge in [0.15, 0.2) is 0 Å². The third-order valence-electron chi connectivity index (χ3n) is 4.98. The van der Waals surface area contributed by atoms with Crippen molar-refractivity contribution < 1.29 is 21.1 Å². The molecule has 0 spiro atoms. The summed E-state index contributed by atoms with van der Waals surface area (Å²) in [6.07, 6.45) is 7.02. The van der Waals surface area contributed by atoms with Gasteiger partial charge in [0.1, 0.15) is 8.24 Å². The summed E-state index contributed by atoms with van der Waals surface area (Å²) in [6, 6.07) is 22.1. The van der Waals surface area contributed by atoms with E-state index >= 15 is 0 Å². The van der Waals surface area contributed by atoms with Crippen LogP contribution in [0.15, 0.2) is 77.5 Å². The Morgan fingerprint density at radius 2 is 1.12 bits per heavy atom. The molecule has 0 amide bonds. The monoisotopic (exact) mass is 560 g/mol. The third-order valence-corrected chi connectivity index (χ3v) is 9.77. The number of allylic oxidation sites excluding steroid dienone is 4. The maximum Gasteiger partial charge on any atom is 3.00 e. The summed E-state index contributed by atoms with van der Waals surface area (Å²) < 4.78 is 0. The summed E-state index contributed by atoms with van der Waals surface area (Å²) >= 11 is 0. The normalized spacial score (nSPS) is 13.4. The van der Waals surface area contributed by atoms with E-state index in [9.17, 15) is 0 Å². The number of nitrogens with zero attached hydrogens (tertiary/aromatic N) is 2. The molecule has 0 heterocycles. The van der Waals surface area contributed by atoms with Gasteiger partial charge in [0.05, 0.1) is 0 Å². The summed E-state index contributed by atoms with van der Waals surface area (Å²) in [6.45, 7) is 13.8. The Kier molecular flexibility index (Phi) is 14.4. The molecule has 0 bridgehead atoms. The first kappa shape index (κ1) is 32.7. The number of hydrogen-bond donors (Lipinski definition) is 1. The SMILES string of the molecule is CC(C)(C)N[Si](C1=CC[C-]=C1C(C)(C)C)(c1ccccc1)c1ccccc1.C[N-]C.C[N-]C.[Mo+3]. The molecule has 34 heavy (non-hydrogen) atoms. The number of rotatable bonds is 4. The van der Waals surface area contributed by atoms with Crippen molar-refractivity contribution in [1.82, 2.24) is 4.98 Å². The van der Waals surface area contributed by atoms with Crippen LogP contribution >= 0.6 is 0 Å².